The number of carbonyl (C=O) groups excluding carboxylic acids is 1. The van der Waals surface area contributed by atoms with Gasteiger partial charge in [0.2, 0.25) is 0 Å². The van der Waals surface area contributed by atoms with Gasteiger partial charge in [0.25, 0.3) is 5.91 Å². The summed E-state index contributed by atoms with van der Waals surface area (Å²) >= 11 is 0. The fraction of sp³-hybridized carbons (Fsp3) is 0.375. The number of pyridine rings is 1. The lowest BCUT2D eigenvalue weighted by Gasteiger charge is -2.12. The molecule has 0 saturated heterocycles. The van der Waals surface area contributed by atoms with E-state index in [0.717, 1.165) is 54.6 Å². The summed E-state index contributed by atoms with van der Waals surface area (Å²) in [5.41, 5.74) is 2.48. The zero-order chi connectivity index (χ0) is 23.1. The molecule has 8 nitrogen and oxygen atoms in total. The number of halogens is 1. The van der Waals surface area contributed by atoms with Crippen LogP contribution in [0.2, 0.25) is 0 Å². The fourth-order valence-electron chi connectivity index (χ4n) is 4.32. The minimum Gasteiger partial charge on any atom is -0.319 e. The highest BCUT2D eigenvalue weighted by Crippen LogP contribution is 2.27. The van der Waals surface area contributed by atoms with Crippen LogP contribution in [0.25, 0.3) is 22.4 Å². The molecule has 0 aliphatic carbocycles. The van der Waals surface area contributed by atoms with Gasteiger partial charge >= 0.3 is 0 Å². The third kappa shape index (κ3) is 3.88. The molecule has 0 spiro atoms. The molecule has 0 saturated carbocycles. The van der Waals surface area contributed by atoms with Gasteiger partial charge in [-0.15, -0.1) is 10.2 Å². The number of nitrogens with one attached hydrogen (secondary N) is 1. The van der Waals surface area contributed by atoms with Crippen molar-refractivity contribution < 1.29 is 9.18 Å². The average molecular weight is 448 g/mol. The molecule has 1 amide bonds. The van der Waals surface area contributed by atoms with Crippen molar-refractivity contribution >= 4 is 22.6 Å². The lowest BCUT2D eigenvalue weighted by atomic mass is 10.1. The first-order chi connectivity index (χ1) is 15.9. The second-order valence-corrected chi connectivity index (χ2v) is 8.77. The molecular weight excluding hydrogens is 421 g/mol. The number of hydrogen-bond donors (Lipinski definition) is 1. The first-order valence-electron chi connectivity index (χ1n) is 11.3. The Balaban J connectivity index is 1.46. The molecule has 5 rings (SSSR count). The number of aryl methyl sites for hydroxylation is 2. The molecule has 1 aromatic carbocycles. The number of amides is 1. The lowest BCUT2D eigenvalue weighted by Crippen LogP contribution is -2.15. The molecule has 4 aromatic rings. The van der Waals surface area contributed by atoms with Crippen molar-refractivity contribution in [2.24, 2.45) is 0 Å². The quantitative estimate of drug-likeness (QED) is 0.490. The first kappa shape index (κ1) is 21.2. The van der Waals surface area contributed by atoms with Crippen LogP contribution in [0, 0.1) is 12.7 Å². The summed E-state index contributed by atoms with van der Waals surface area (Å²) < 4.78 is 18.6. The van der Waals surface area contributed by atoms with Crippen LogP contribution in [0.3, 0.4) is 0 Å². The molecule has 0 fully saturated rings. The summed E-state index contributed by atoms with van der Waals surface area (Å²) in [5.74, 6) is 0.717. The van der Waals surface area contributed by atoms with E-state index in [1.165, 1.54) is 6.07 Å². The Labute approximate surface area is 190 Å². The van der Waals surface area contributed by atoms with Crippen LogP contribution in [-0.4, -0.2) is 35.4 Å². The van der Waals surface area contributed by atoms with Gasteiger partial charge in [0.05, 0.1) is 23.1 Å². The maximum atomic E-state index is 14.7. The molecule has 3 aromatic heterocycles. The SMILES string of the molecule is Cc1nc2c(cnn2C(C)C)cc1C(=O)Nc1cc(-c2nnc3n2CCCCC3)ccc1F. The van der Waals surface area contributed by atoms with Gasteiger partial charge in [-0.05, 0) is 57.9 Å². The van der Waals surface area contributed by atoms with E-state index in [4.69, 9.17) is 0 Å². The molecule has 4 heterocycles. The standard InChI is InChI=1S/C24H26FN7O/c1-14(2)32-22-17(13-26-32)11-18(15(3)27-22)24(33)28-20-12-16(8-9-19(20)25)23-30-29-21-7-5-4-6-10-31(21)23/h8-9,11-14H,4-7,10H2,1-3H3,(H,28,33). The molecular formula is C24H26FN7O. The third-order valence-electron chi connectivity index (χ3n) is 6.08. The molecule has 33 heavy (non-hydrogen) atoms. The Morgan fingerprint density at radius 3 is 2.82 bits per heavy atom. The monoisotopic (exact) mass is 447 g/mol. The van der Waals surface area contributed by atoms with Gasteiger partial charge in [0, 0.05) is 30.0 Å². The number of benzene rings is 1. The zero-order valence-corrected chi connectivity index (χ0v) is 19.0. The maximum absolute atomic E-state index is 14.7. The van der Waals surface area contributed by atoms with Crippen LogP contribution < -0.4 is 5.32 Å². The van der Waals surface area contributed by atoms with E-state index < -0.39 is 11.7 Å². The van der Waals surface area contributed by atoms with Gasteiger partial charge in [-0.25, -0.2) is 14.1 Å². The molecule has 9 heteroatoms. The normalized spacial score (nSPS) is 13.8. The molecule has 1 aliphatic heterocycles. The molecule has 170 valence electrons. The summed E-state index contributed by atoms with van der Waals surface area (Å²) in [4.78, 5) is 17.7. The van der Waals surface area contributed by atoms with Crippen LogP contribution in [-0.2, 0) is 13.0 Å². The van der Waals surface area contributed by atoms with E-state index in [2.05, 4.69) is 30.2 Å². The van der Waals surface area contributed by atoms with E-state index in [0.29, 0.717) is 17.1 Å². The van der Waals surface area contributed by atoms with E-state index in [1.54, 1.807) is 31.3 Å². The Kier molecular flexibility index (Phi) is 5.39. The Hall–Kier alpha value is -3.62. The van der Waals surface area contributed by atoms with E-state index in [1.807, 2.05) is 18.5 Å². The predicted octanol–water partition coefficient (Wildman–Crippen LogP) is 4.70. The number of nitrogens with zero attached hydrogens (tertiary/aromatic N) is 6. The summed E-state index contributed by atoms with van der Waals surface area (Å²) in [6.07, 6.45) is 5.89. The number of rotatable bonds is 4. The van der Waals surface area contributed by atoms with Crippen LogP contribution in [0.5, 0.6) is 0 Å². The number of hydrogen-bond acceptors (Lipinski definition) is 5. The van der Waals surface area contributed by atoms with Crippen LogP contribution in [0.15, 0.2) is 30.5 Å². The van der Waals surface area contributed by atoms with Crippen molar-refractivity contribution in [1.29, 1.82) is 0 Å². The number of aromatic nitrogens is 6. The van der Waals surface area contributed by atoms with Crippen LogP contribution in [0.1, 0.15) is 61.0 Å². The number of carbonyl (C=O) groups is 1. The summed E-state index contributed by atoms with van der Waals surface area (Å²) in [6.45, 7) is 6.65. The van der Waals surface area contributed by atoms with E-state index in [9.17, 15) is 9.18 Å². The lowest BCUT2D eigenvalue weighted by molar-refractivity contribution is 0.102. The van der Waals surface area contributed by atoms with E-state index in [-0.39, 0.29) is 11.7 Å². The second-order valence-electron chi connectivity index (χ2n) is 8.77. The number of anilines is 1. The Morgan fingerprint density at radius 1 is 1.15 bits per heavy atom. The highest BCUT2D eigenvalue weighted by molar-refractivity contribution is 6.06. The third-order valence-corrected chi connectivity index (χ3v) is 6.08. The molecule has 0 unspecified atom stereocenters. The highest BCUT2D eigenvalue weighted by Gasteiger charge is 2.20. The largest absolute Gasteiger partial charge is 0.319 e. The Bertz CT molecular complexity index is 1350. The molecule has 1 N–H and O–H groups in total. The maximum Gasteiger partial charge on any atom is 0.257 e. The summed E-state index contributed by atoms with van der Waals surface area (Å²) in [6, 6.07) is 6.54. The van der Waals surface area contributed by atoms with E-state index >= 15 is 0 Å². The molecule has 1 aliphatic rings. The average Bonchev–Trinajstić information content (AvgIpc) is 3.31. The van der Waals surface area contributed by atoms with Crippen molar-refractivity contribution in [1.82, 2.24) is 29.5 Å². The summed E-state index contributed by atoms with van der Waals surface area (Å²) in [7, 11) is 0. The molecule has 0 radical (unpaired) electrons. The topological polar surface area (TPSA) is 90.5 Å². The van der Waals surface area contributed by atoms with Gasteiger partial charge < -0.3 is 9.88 Å². The van der Waals surface area contributed by atoms with Crippen molar-refractivity contribution in [3.8, 4) is 11.4 Å². The highest BCUT2D eigenvalue weighted by atomic mass is 19.1. The van der Waals surface area contributed by atoms with Crippen molar-refractivity contribution in [2.75, 3.05) is 5.32 Å². The Morgan fingerprint density at radius 2 is 2.00 bits per heavy atom. The van der Waals surface area contributed by atoms with Crippen LogP contribution in [0.4, 0.5) is 10.1 Å². The van der Waals surface area contributed by atoms with Gasteiger partial charge in [0.1, 0.15) is 11.6 Å². The molecule has 0 atom stereocenters. The van der Waals surface area contributed by atoms with Crippen molar-refractivity contribution in [3.63, 3.8) is 0 Å². The van der Waals surface area contributed by atoms with Gasteiger partial charge in [-0.2, -0.15) is 5.10 Å². The predicted molar refractivity (Wildman–Crippen MR) is 124 cm³/mol. The minimum atomic E-state index is -0.512. The van der Waals surface area contributed by atoms with Gasteiger partial charge in [-0.3, -0.25) is 4.79 Å². The zero-order valence-electron chi connectivity index (χ0n) is 19.0. The smallest absolute Gasteiger partial charge is 0.257 e. The summed E-state index contributed by atoms with van der Waals surface area (Å²) in [5, 5.41) is 16.5. The van der Waals surface area contributed by atoms with Gasteiger partial charge in [-0.1, -0.05) is 6.42 Å². The minimum absolute atomic E-state index is 0.0980. The van der Waals surface area contributed by atoms with Crippen molar-refractivity contribution in [3.05, 3.63) is 53.4 Å². The second kappa shape index (κ2) is 8.38. The number of fused-ring (bicyclic) bond motifs is 2. The molecule has 0 bridgehead atoms. The first-order valence-corrected chi connectivity index (χ1v) is 11.3. The van der Waals surface area contributed by atoms with Crippen LogP contribution >= 0.6 is 0 Å². The van der Waals surface area contributed by atoms with Gasteiger partial charge in [0.15, 0.2) is 11.5 Å². The fourth-order valence-corrected chi connectivity index (χ4v) is 4.32. The van der Waals surface area contributed by atoms with Crippen molar-refractivity contribution in [2.45, 2.75) is 59.0 Å².